The van der Waals surface area contributed by atoms with Crippen LogP contribution in [0.1, 0.15) is 19.2 Å². The van der Waals surface area contributed by atoms with Gasteiger partial charge in [-0.1, -0.05) is 6.92 Å². The van der Waals surface area contributed by atoms with Crippen LogP contribution in [0.4, 0.5) is 5.13 Å². The number of carbonyl (C=O) groups excluding carboxylic acids is 1. The molecule has 0 aromatic carbocycles. The number of carbonyl (C=O) groups is 1. The molecule has 2 heterocycles. The van der Waals surface area contributed by atoms with E-state index in [9.17, 15) is 4.79 Å². The van der Waals surface area contributed by atoms with Crippen LogP contribution in [0.2, 0.25) is 0 Å². The topological polar surface area (TPSA) is 75.4 Å². The van der Waals surface area contributed by atoms with Crippen molar-refractivity contribution in [1.29, 1.82) is 0 Å². The van der Waals surface area contributed by atoms with Crippen molar-refractivity contribution in [3.8, 4) is 0 Å². The van der Waals surface area contributed by atoms with Gasteiger partial charge in [-0.25, -0.2) is 4.98 Å². The van der Waals surface area contributed by atoms with E-state index in [1.54, 1.807) is 0 Å². The average Bonchev–Trinajstić information content (AvgIpc) is 2.75. The van der Waals surface area contributed by atoms with Crippen LogP contribution < -0.4 is 10.6 Å². The van der Waals surface area contributed by atoms with Crippen molar-refractivity contribution < 1.29 is 4.79 Å². The lowest BCUT2D eigenvalue weighted by Gasteiger charge is -2.20. The van der Waals surface area contributed by atoms with Gasteiger partial charge in [0.25, 0.3) is 0 Å². The van der Waals surface area contributed by atoms with Crippen molar-refractivity contribution in [3.63, 3.8) is 0 Å². The molecule has 0 atom stereocenters. The minimum atomic E-state index is 0.0309. The van der Waals surface area contributed by atoms with Crippen molar-refractivity contribution in [2.45, 2.75) is 19.8 Å². The highest BCUT2D eigenvalue weighted by Crippen LogP contribution is 2.19. The monoisotopic (exact) mass is 269 g/mol. The van der Waals surface area contributed by atoms with E-state index in [1.165, 1.54) is 11.5 Å². The molecule has 1 aromatic heterocycles. The fraction of sp³-hybridized carbons (Fsp3) is 0.727. The van der Waals surface area contributed by atoms with Gasteiger partial charge in [-0.05, 0) is 6.42 Å². The standard InChI is InChI=1S/C11H19N5OS/c1-2-9-13-11(18-14-9)16-5-3-4-15(6-7-16)10(17)8-12/h2-8,12H2,1H3. The Hall–Kier alpha value is -1.21. The second kappa shape index (κ2) is 6.10. The van der Waals surface area contributed by atoms with Gasteiger partial charge in [0.05, 0.1) is 6.54 Å². The first-order chi connectivity index (χ1) is 8.74. The molecule has 0 saturated carbocycles. The highest BCUT2D eigenvalue weighted by molar-refractivity contribution is 7.09. The molecule has 6 nitrogen and oxygen atoms in total. The number of nitrogens with two attached hydrogens (primary N) is 1. The molecular weight excluding hydrogens is 250 g/mol. The maximum Gasteiger partial charge on any atom is 0.236 e. The maximum atomic E-state index is 11.6. The highest BCUT2D eigenvalue weighted by atomic mass is 32.1. The fourth-order valence-electron chi connectivity index (χ4n) is 2.00. The molecule has 2 N–H and O–H groups in total. The Balaban J connectivity index is 1.98. The summed E-state index contributed by atoms with van der Waals surface area (Å²) in [6.07, 6.45) is 1.81. The Morgan fingerprint density at radius 2 is 2.22 bits per heavy atom. The van der Waals surface area contributed by atoms with Gasteiger partial charge in [0, 0.05) is 44.1 Å². The largest absolute Gasteiger partial charge is 0.345 e. The number of aromatic nitrogens is 2. The molecule has 1 aromatic rings. The third-order valence-electron chi connectivity index (χ3n) is 3.07. The van der Waals surface area contributed by atoms with Crippen LogP contribution >= 0.6 is 11.5 Å². The smallest absolute Gasteiger partial charge is 0.236 e. The molecule has 0 unspecified atom stereocenters. The molecule has 1 aliphatic rings. The molecule has 18 heavy (non-hydrogen) atoms. The first-order valence-electron chi connectivity index (χ1n) is 6.30. The van der Waals surface area contributed by atoms with Crippen LogP contribution in [0.5, 0.6) is 0 Å². The van der Waals surface area contributed by atoms with E-state index in [2.05, 4.69) is 21.2 Å². The van der Waals surface area contributed by atoms with Crippen molar-refractivity contribution in [2.24, 2.45) is 5.73 Å². The summed E-state index contributed by atoms with van der Waals surface area (Å²) in [7, 11) is 0. The predicted molar refractivity (Wildman–Crippen MR) is 71.8 cm³/mol. The zero-order valence-electron chi connectivity index (χ0n) is 10.6. The highest BCUT2D eigenvalue weighted by Gasteiger charge is 2.20. The Morgan fingerprint density at radius 1 is 1.39 bits per heavy atom. The summed E-state index contributed by atoms with van der Waals surface area (Å²) < 4.78 is 4.30. The van der Waals surface area contributed by atoms with Gasteiger partial charge in [-0.2, -0.15) is 4.37 Å². The van der Waals surface area contributed by atoms with E-state index in [0.717, 1.165) is 50.0 Å². The first-order valence-corrected chi connectivity index (χ1v) is 7.07. The number of hydrogen-bond acceptors (Lipinski definition) is 6. The van der Waals surface area contributed by atoms with Crippen LogP contribution in [-0.2, 0) is 11.2 Å². The van der Waals surface area contributed by atoms with E-state index < -0.39 is 0 Å². The van der Waals surface area contributed by atoms with Gasteiger partial charge in [-0.3, -0.25) is 4.79 Å². The molecule has 100 valence electrons. The van der Waals surface area contributed by atoms with Crippen LogP contribution in [0.3, 0.4) is 0 Å². The number of rotatable bonds is 3. The normalized spacial score (nSPS) is 16.8. The van der Waals surface area contributed by atoms with E-state index in [4.69, 9.17) is 5.73 Å². The Morgan fingerprint density at radius 3 is 2.89 bits per heavy atom. The number of hydrogen-bond donors (Lipinski definition) is 1. The molecule has 0 radical (unpaired) electrons. The minimum Gasteiger partial charge on any atom is -0.345 e. The van der Waals surface area contributed by atoms with Crippen LogP contribution in [0.25, 0.3) is 0 Å². The third kappa shape index (κ3) is 2.97. The summed E-state index contributed by atoms with van der Waals surface area (Å²) in [4.78, 5) is 20.1. The van der Waals surface area contributed by atoms with Crippen molar-refractivity contribution in [3.05, 3.63) is 5.82 Å². The zero-order valence-corrected chi connectivity index (χ0v) is 11.4. The van der Waals surface area contributed by atoms with Gasteiger partial charge in [0.1, 0.15) is 5.82 Å². The maximum absolute atomic E-state index is 11.6. The summed E-state index contributed by atoms with van der Waals surface area (Å²) in [6.45, 7) is 5.38. The number of aryl methyl sites for hydroxylation is 1. The summed E-state index contributed by atoms with van der Waals surface area (Å²) >= 11 is 1.44. The molecule has 2 rings (SSSR count). The molecule has 1 amide bonds. The van der Waals surface area contributed by atoms with Crippen molar-refractivity contribution in [2.75, 3.05) is 37.6 Å². The van der Waals surface area contributed by atoms with Gasteiger partial charge in [0.2, 0.25) is 11.0 Å². The number of anilines is 1. The first kappa shape index (κ1) is 13.2. The van der Waals surface area contributed by atoms with E-state index in [-0.39, 0.29) is 12.5 Å². The molecular formula is C11H19N5OS. The number of amides is 1. The molecule has 1 aliphatic heterocycles. The molecule has 1 saturated heterocycles. The average molecular weight is 269 g/mol. The van der Waals surface area contributed by atoms with Crippen molar-refractivity contribution >= 4 is 22.6 Å². The Kier molecular flexibility index (Phi) is 4.48. The lowest BCUT2D eigenvalue weighted by Crippen LogP contribution is -2.38. The van der Waals surface area contributed by atoms with Crippen LogP contribution in [-0.4, -0.2) is 52.9 Å². The Bertz CT molecular complexity index is 408. The Labute approximate surface area is 111 Å². The van der Waals surface area contributed by atoms with E-state index in [0.29, 0.717) is 0 Å². The summed E-state index contributed by atoms with van der Waals surface area (Å²) in [5.74, 6) is 0.928. The van der Waals surface area contributed by atoms with Crippen LogP contribution in [0.15, 0.2) is 0 Å². The van der Waals surface area contributed by atoms with E-state index in [1.807, 2.05) is 4.90 Å². The van der Waals surface area contributed by atoms with Gasteiger partial charge < -0.3 is 15.5 Å². The van der Waals surface area contributed by atoms with Crippen LogP contribution in [0, 0.1) is 0 Å². The summed E-state index contributed by atoms with van der Waals surface area (Å²) in [5, 5.41) is 0.967. The zero-order chi connectivity index (χ0) is 13.0. The molecule has 1 fully saturated rings. The minimum absolute atomic E-state index is 0.0309. The molecule has 0 aliphatic carbocycles. The van der Waals surface area contributed by atoms with Gasteiger partial charge in [-0.15, -0.1) is 0 Å². The second-order valence-electron chi connectivity index (χ2n) is 4.27. The number of nitrogens with zero attached hydrogens (tertiary/aromatic N) is 4. The SMILES string of the molecule is CCc1nsc(N2CCCN(C(=O)CN)CC2)n1. The van der Waals surface area contributed by atoms with E-state index >= 15 is 0 Å². The lowest BCUT2D eigenvalue weighted by molar-refractivity contribution is -0.129. The fourth-order valence-corrected chi connectivity index (χ4v) is 2.81. The second-order valence-corrected chi connectivity index (χ2v) is 5.00. The molecule has 0 bridgehead atoms. The summed E-state index contributed by atoms with van der Waals surface area (Å²) in [5.41, 5.74) is 5.40. The third-order valence-corrected chi connectivity index (χ3v) is 3.88. The lowest BCUT2D eigenvalue weighted by atomic mass is 10.4. The van der Waals surface area contributed by atoms with Gasteiger partial charge in [0.15, 0.2) is 0 Å². The predicted octanol–water partition coefficient (Wildman–Crippen LogP) is 0.0979. The van der Waals surface area contributed by atoms with Gasteiger partial charge >= 0.3 is 0 Å². The van der Waals surface area contributed by atoms with Crippen molar-refractivity contribution in [1.82, 2.24) is 14.3 Å². The molecule has 7 heteroatoms. The summed E-state index contributed by atoms with van der Waals surface area (Å²) in [6, 6.07) is 0. The quantitative estimate of drug-likeness (QED) is 0.842. The molecule has 0 spiro atoms.